The average Bonchev–Trinajstić information content (AvgIpc) is 3.06. The Morgan fingerprint density at radius 2 is 2.04 bits per heavy atom. The van der Waals surface area contributed by atoms with E-state index in [1.54, 1.807) is 0 Å². The molecule has 1 atom stereocenters. The Hall–Kier alpha value is -1.35. The summed E-state index contributed by atoms with van der Waals surface area (Å²) in [5.74, 6) is 0.478. The maximum absolute atomic E-state index is 11.7. The fourth-order valence-corrected chi connectivity index (χ4v) is 2.98. The quantitative estimate of drug-likeness (QED) is 0.323. The Bertz CT molecular complexity index is 588. The number of likely N-dealkylation sites (tertiary alicyclic amines) is 1. The van der Waals surface area contributed by atoms with Crippen molar-refractivity contribution < 1.29 is 4.79 Å². The molecule has 0 bridgehead atoms. The maximum atomic E-state index is 11.7. The van der Waals surface area contributed by atoms with Crippen LogP contribution in [0.2, 0.25) is 0 Å². The van der Waals surface area contributed by atoms with Gasteiger partial charge in [-0.15, -0.1) is 24.0 Å². The lowest BCUT2D eigenvalue weighted by Gasteiger charge is -2.23. The number of hydrogen-bond acceptors (Lipinski definition) is 3. The SMILES string of the molecule is CCN1CCCC1CNC(N)=NCc1ccc(NC(=O)C(C)C)cc1.I. The molecule has 1 saturated heterocycles. The summed E-state index contributed by atoms with van der Waals surface area (Å²) in [7, 11) is 0. The Kier molecular flexibility index (Phi) is 9.93. The summed E-state index contributed by atoms with van der Waals surface area (Å²) in [5, 5.41) is 6.12. The Labute approximate surface area is 174 Å². The van der Waals surface area contributed by atoms with Crippen molar-refractivity contribution in [1.29, 1.82) is 0 Å². The van der Waals surface area contributed by atoms with Gasteiger partial charge in [0, 0.05) is 24.2 Å². The molecule has 0 aromatic heterocycles. The number of nitrogens with zero attached hydrogens (tertiary/aromatic N) is 2. The third-order valence-electron chi connectivity index (χ3n) is 4.60. The van der Waals surface area contributed by atoms with Crippen LogP contribution in [0.3, 0.4) is 0 Å². The maximum Gasteiger partial charge on any atom is 0.226 e. The third kappa shape index (κ3) is 7.11. The van der Waals surface area contributed by atoms with Crippen LogP contribution in [0.25, 0.3) is 0 Å². The number of likely N-dealkylation sites (N-methyl/N-ethyl adjacent to an activating group) is 1. The smallest absolute Gasteiger partial charge is 0.226 e. The summed E-state index contributed by atoms with van der Waals surface area (Å²) < 4.78 is 0. The van der Waals surface area contributed by atoms with E-state index >= 15 is 0 Å². The van der Waals surface area contributed by atoms with E-state index in [2.05, 4.69) is 27.4 Å². The molecule has 146 valence electrons. The van der Waals surface area contributed by atoms with Gasteiger partial charge >= 0.3 is 0 Å². The fourth-order valence-electron chi connectivity index (χ4n) is 2.98. The Morgan fingerprint density at radius 3 is 2.65 bits per heavy atom. The van der Waals surface area contributed by atoms with Crippen LogP contribution >= 0.6 is 24.0 Å². The van der Waals surface area contributed by atoms with Crippen LogP contribution in [0.15, 0.2) is 29.3 Å². The highest BCUT2D eigenvalue weighted by atomic mass is 127. The van der Waals surface area contributed by atoms with Crippen molar-refractivity contribution in [3.63, 3.8) is 0 Å². The number of hydrogen-bond donors (Lipinski definition) is 3. The summed E-state index contributed by atoms with van der Waals surface area (Å²) in [6.45, 7) is 9.59. The molecule has 1 heterocycles. The van der Waals surface area contributed by atoms with Gasteiger partial charge in [-0.3, -0.25) is 9.69 Å². The molecular weight excluding hydrogens is 441 g/mol. The number of halogens is 1. The van der Waals surface area contributed by atoms with Crippen LogP contribution in [0.5, 0.6) is 0 Å². The van der Waals surface area contributed by atoms with Gasteiger partial charge in [-0.2, -0.15) is 0 Å². The minimum atomic E-state index is -0.0290. The minimum absolute atomic E-state index is 0. The van der Waals surface area contributed by atoms with E-state index in [9.17, 15) is 4.79 Å². The van der Waals surface area contributed by atoms with Crippen LogP contribution in [-0.4, -0.2) is 42.4 Å². The van der Waals surface area contributed by atoms with Gasteiger partial charge in [-0.05, 0) is 43.6 Å². The standard InChI is InChI=1S/C19H31N5O.HI/c1-4-24-11-5-6-17(24)13-22-19(20)21-12-15-7-9-16(10-8-15)23-18(25)14(2)3;/h7-10,14,17H,4-6,11-13H2,1-3H3,(H,23,25)(H3,20,21,22);1H. The van der Waals surface area contributed by atoms with Crippen LogP contribution < -0.4 is 16.4 Å². The van der Waals surface area contributed by atoms with Gasteiger partial charge in [-0.1, -0.05) is 32.9 Å². The first-order valence-electron chi connectivity index (χ1n) is 9.17. The minimum Gasteiger partial charge on any atom is -0.370 e. The predicted molar refractivity (Wildman–Crippen MR) is 119 cm³/mol. The molecule has 26 heavy (non-hydrogen) atoms. The molecule has 0 spiro atoms. The summed E-state index contributed by atoms with van der Waals surface area (Å²) in [6, 6.07) is 8.27. The van der Waals surface area contributed by atoms with Crippen molar-refractivity contribution in [2.75, 3.05) is 25.0 Å². The van der Waals surface area contributed by atoms with Crippen molar-refractivity contribution in [2.24, 2.45) is 16.6 Å². The van der Waals surface area contributed by atoms with E-state index in [4.69, 9.17) is 5.73 Å². The van der Waals surface area contributed by atoms with Gasteiger partial charge in [0.05, 0.1) is 6.54 Å². The molecule has 2 rings (SSSR count). The number of rotatable bonds is 7. The summed E-state index contributed by atoms with van der Waals surface area (Å²) in [4.78, 5) is 18.6. The number of carbonyl (C=O) groups excluding carboxylic acids is 1. The topological polar surface area (TPSA) is 82.8 Å². The molecule has 1 aromatic carbocycles. The number of nitrogens with one attached hydrogen (secondary N) is 2. The van der Waals surface area contributed by atoms with E-state index in [1.807, 2.05) is 38.1 Å². The molecular formula is C19H32IN5O. The van der Waals surface area contributed by atoms with E-state index in [1.165, 1.54) is 19.4 Å². The lowest BCUT2D eigenvalue weighted by atomic mass is 10.2. The van der Waals surface area contributed by atoms with E-state index < -0.39 is 0 Å². The molecule has 1 aromatic rings. The van der Waals surface area contributed by atoms with Crippen molar-refractivity contribution >= 4 is 41.5 Å². The first-order valence-corrected chi connectivity index (χ1v) is 9.17. The monoisotopic (exact) mass is 473 g/mol. The lowest BCUT2D eigenvalue weighted by Crippen LogP contribution is -2.42. The first kappa shape index (κ1) is 22.7. The van der Waals surface area contributed by atoms with Gasteiger partial charge in [0.1, 0.15) is 0 Å². The predicted octanol–water partition coefficient (Wildman–Crippen LogP) is 2.79. The molecule has 1 unspecified atom stereocenters. The Balaban J connectivity index is 0.00000338. The number of anilines is 1. The van der Waals surface area contributed by atoms with Crippen LogP contribution in [0.4, 0.5) is 5.69 Å². The molecule has 6 nitrogen and oxygen atoms in total. The summed E-state index contributed by atoms with van der Waals surface area (Å²) in [6.07, 6.45) is 2.48. The summed E-state index contributed by atoms with van der Waals surface area (Å²) >= 11 is 0. The van der Waals surface area contributed by atoms with Crippen LogP contribution in [0.1, 0.15) is 39.2 Å². The van der Waals surface area contributed by atoms with Gasteiger partial charge < -0.3 is 16.4 Å². The second-order valence-electron chi connectivity index (χ2n) is 6.85. The number of aliphatic imine (C=N–C) groups is 1. The molecule has 0 radical (unpaired) electrons. The number of guanidine groups is 1. The van der Waals surface area contributed by atoms with Crippen molar-refractivity contribution in [2.45, 2.75) is 46.2 Å². The highest BCUT2D eigenvalue weighted by Crippen LogP contribution is 2.15. The molecule has 1 amide bonds. The molecule has 0 saturated carbocycles. The van der Waals surface area contributed by atoms with Gasteiger partial charge in [-0.25, -0.2) is 4.99 Å². The van der Waals surface area contributed by atoms with Crippen molar-refractivity contribution in [1.82, 2.24) is 10.2 Å². The number of amides is 1. The molecule has 1 aliphatic heterocycles. The zero-order valence-corrected chi connectivity index (χ0v) is 18.3. The highest BCUT2D eigenvalue weighted by Gasteiger charge is 2.22. The molecule has 4 N–H and O–H groups in total. The average molecular weight is 473 g/mol. The lowest BCUT2D eigenvalue weighted by molar-refractivity contribution is -0.118. The highest BCUT2D eigenvalue weighted by molar-refractivity contribution is 14.0. The number of carbonyl (C=O) groups is 1. The van der Waals surface area contributed by atoms with Crippen LogP contribution in [-0.2, 0) is 11.3 Å². The van der Waals surface area contributed by atoms with Gasteiger partial charge in [0.15, 0.2) is 5.96 Å². The second kappa shape index (κ2) is 11.4. The van der Waals surface area contributed by atoms with Crippen LogP contribution in [0, 0.1) is 5.92 Å². The van der Waals surface area contributed by atoms with E-state index in [0.29, 0.717) is 18.5 Å². The zero-order valence-electron chi connectivity index (χ0n) is 16.0. The molecule has 1 aliphatic rings. The van der Waals surface area contributed by atoms with E-state index in [0.717, 1.165) is 24.3 Å². The fraction of sp³-hybridized carbons (Fsp3) is 0.579. The van der Waals surface area contributed by atoms with Gasteiger partial charge in [0.2, 0.25) is 5.91 Å². The van der Waals surface area contributed by atoms with Crippen molar-refractivity contribution in [3.05, 3.63) is 29.8 Å². The second-order valence-corrected chi connectivity index (χ2v) is 6.85. The van der Waals surface area contributed by atoms with Gasteiger partial charge in [0.25, 0.3) is 0 Å². The normalized spacial score (nSPS) is 17.8. The Morgan fingerprint density at radius 1 is 1.35 bits per heavy atom. The molecule has 1 fully saturated rings. The molecule has 7 heteroatoms. The number of nitrogens with two attached hydrogens (primary N) is 1. The largest absolute Gasteiger partial charge is 0.370 e. The van der Waals surface area contributed by atoms with Crippen molar-refractivity contribution in [3.8, 4) is 0 Å². The number of benzene rings is 1. The summed E-state index contributed by atoms with van der Waals surface area (Å²) in [5.41, 5.74) is 7.84. The third-order valence-corrected chi connectivity index (χ3v) is 4.60. The molecule has 0 aliphatic carbocycles. The zero-order chi connectivity index (χ0) is 18.2. The first-order chi connectivity index (χ1) is 12.0. The van der Waals surface area contributed by atoms with E-state index in [-0.39, 0.29) is 35.8 Å².